The molecule has 0 nitrogen and oxygen atoms in total. The molecular formula is C9H14. The predicted molar refractivity (Wildman–Crippen MR) is 40.3 cm³/mol. The van der Waals surface area contributed by atoms with Crippen LogP contribution in [0.4, 0.5) is 0 Å². The highest BCUT2D eigenvalue weighted by molar-refractivity contribution is 5.17. The van der Waals surface area contributed by atoms with Crippen LogP contribution in [0.5, 0.6) is 0 Å². The van der Waals surface area contributed by atoms with Gasteiger partial charge < -0.3 is 0 Å². The fraction of sp³-hybridized carbons (Fsp3) is 0.667. The van der Waals surface area contributed by atoms with Crippen LogP contribution in [-0.2, 0) is 0 Å². The average Bonchev–Trinajstić information content (AvgIpc) is 2.15. The minimum absolute atomic E-state index is 0.444. The van der Waals surface area contributed by atoms with E-state index < -0.39 is 0 Å². The molecule has 1 aliphatic carbocycles. The maximum atomic E-state index is 3.25. The van der Waals surface area contributed by atoms with Crippen LogP contribution in [0.3, 0.4) is 0 Å². The fourth-order valence-electron chi connectivity index (χ4n) is 1.17. The first-order chi connectivity index (χ1) is 4.19. The summed E-state index contributed by atoms with van der Waals surface area (Å²) >= 11 is 0. The molecule has 0 N–H and O–H groups in total. The number of allylic oxidation sites excluding steroid dienone is 1. The van der Waals surface area contributed by atoms with Gasteiger partial charge in [-0.2, -0.15) is 0 Å². The van der Waals surface area contributed by atoms with Gasteiger partial charge in [0.15, 0.2) is 0 Å². The lowest BCUT2D eigenvalue weighted by atomic mass is 9.81. The summed E-state index contributed by atoms with van der Waals surface area (Å²) in [6.45, 7) is 6.72. The van der Waals surface area contributed by atoms with Crippen LogP contribution < -0.4 is 0 Å². The molecule has 0 aliphatic heterocycles. The van der Waals surface area contributed by atoms with E-state index in [4.69, 9.17) is 0 Å². The molecule has 0 saturated heterocycles. The van der Waals surface area contributed by atoms with E-state index in [9.17, 15) is 0 Å². The molecule has 9 heavy (non-hydrogen) atoms. The van der Waals surface area contributed by atoms with E-state index in [2.05, 4.69) is 32.6 Å². The van der Waals surface area contributed by atoms with E-state index in [1.807, 2.05) is 0 Å². The molecule has 0 aromatic carbocycles. The van der Waals surface area contributed by atoms with Gasteiger partial charge in [-0.3, -0.25) is 0 Å². The fourth-order valence-corrected chi connectivity index (χ4v) is 1.17. The topological polar surface area (TPSA) is 0 Å². The zero-order valence-electron chi connectivity index (χ0n) is 6.49. The largest absolute Gasteiger partial charge is 0.126 e. The summed E-state index contributed by atoms with van der Waals surface area (Å²) in [4.78, 5) is 0. The van der Waals surface area contributed by atoms with Crippen LogP contribution in [-0.4, -0.2) is 0 Å². The van der Waals surface area contributed by atoms with E-state index in [1.165, 1.54) is 18.4 Å². The van der Waals surface area contributed by atoms with Crippen molar-refractivity contribution in [3.05, 3.63) is 17.4 Å². The molecule has 0 aromatic heterocycles. The van der Waals surface area contributed by atoms with Gasteiger partial charge in [0.25, 0.3) is 0 Å². The molecule has 0 spiro atoms. The van der Waals surface area contributed by atoms with Gasteiger partial charge in [0.2, 0.25) is 0 Å². The third-order valence-corrected chi connectivity index (χ3v) is 2.56. The van der Waals surface area contributed by atoms with Crippen LogP contribution in [0.15, 0.2) is 17.4 Å². The van der Waals surface area contributed by atoms with Crippen molar-refractivity contribution in [3.63, 3.8) is 0 Å². The Kier molecular flexibility index (Phi) is 1.50. The number of rotatable bonds is 1. The van der Waals surface area contributed by atoms with Crippen molar-refractivity contribution >= 4 is 0 Å². The van der Waals surface area contributed by atoms with Gasteiger partial charge in [0.05, 0.1) is 0 Å². The standard InChI is InChI=1S/C9H14/c1-4-9(3)7-5-6-8(9)2/h5H,4,7H2,1-3H3. The van der Waals surface area contributed by atoms with Crippen LogP contribution in [0.25, 0.3) is 0 Å². The highest BCUT2D eigenvalue weighted by atomic mass is 14.3. The lowest BCUT2D eigenvalue weighted by Gasteiger charge is -2.22. The van der Waals surface area contributed by atoms with E-state index in [-0.39, 0.29) is 0 Å². The third-order valence-electron chi connectivity index (χ3n) is 2.56. The minimum atomic E-state index is 0.444. The molecule has 0 bridgehead atoms. The van der Waals surface area contributed by atoms with Crippen molar-refractivity contribution in [2.75, 3.05) is 0 Å². The highest BCUT2D eigenvalue weighted by Gasteiger charge is 2.25. The quantitative estimate of drug-likeness (QED) is 0.469. The van der Waals surface area contributed by atoms with Gasteiger partial charge in [-0.15, -0.1) is 5.73 Å². The predicted octanol–water partition coefficient (Wildman–Crippen LogP) is 2.91. The second kappa shape index (κ2) is 2.04. The first kappa shape index (κ1) is 6.64. The van der Waals surface area contributed by atoms with E-state index in [0.717, 1.165) is 0 Å². The summed E-state index contributed by atoms with van der Waals surface area (Å²) in [6, 6.07) is 0. The van der Waals surface area contributed by atoms with Crippen LogP contribution in [0.1, 0.15) is 33.6 Å². The molecule has 0 aromatic rings. The molecule has 0 saturated carbocycles. The summed E-state index contributed by atoms with van der Waals surface area (Å²) in [7, 11) is 0. The molecule has 1 unspecified atom stereocenters. The summed E-state index contributed by atoms with van der Waals surface area (Å²) < 4.78 is 0. The molecule has 0 heterocycles. The number of hydrogen-bond donors (Lipinski definition) is 0. The Hall–Kier alpha value is -0.480. The Morgan fingerprint density at radius 1 is 1.78 bits per heavy atom. The molecule has 1 atom stereocenters. The van der Waals surface area contributed by atoms with Crippen molar-refractivity contribution in [2.24, 2.45) is 5.41 Å². The Labute approximate surface area is 57.3 Å². The molecular weight excluding hydrogens is 108 g/mol. The summed E-state index contributed by atoms with van der Waals surface area (Å²) in [5.74, 6) is 0. The van der Waals surface area contributed by atoms with Crippen molar-refractivity contribution in [1.29, 1.82) is 0 Å². The molecule has 0 fully saturated rings. The van der Waals surface area contributed by atoms with Crippen LogP contribution in [0, 0.1) is 5.41 Å². The van der Waals surface area contributed by atoms with Gasteiger partial charge in [-0.1, -0.05) is 13.8 Å². The second-order valence-corrected chi connectivity index (χ2v) is 3.09. The SMILES string of the molecule is CCC1(C)CC=C=C1C. The minimum Gasteiger partial charge on any atom is -0.126 e. The average molecular weight is 122 g/mol. The monoisotopic (exact) mass is 122 g/mol. The zero-order chi connectivity index (χ0) is 6.91. The Morgan fingerprint density at radius 3 is 2.67 bits per heavy atom. The summed E-state index contributed by atoms with van der Waals surface area (Å²) in [6.07, 6.45) is 4.58. The summed E-state index contributed by atoms with van der Waals surface area (Å²) in [5, 5.41) is 0. The highest BCUT2D eigenvalue weighted by Crippen LogP contribution is 2.37. The lowest BCUT2D eigenvalue weighted by molar-refractivity contribution is 0.399. The van der Waals surface area contributed by atoms with Crippen molar-refractivity contribution in [3.8, 4) is 0 Å². The summed E-state index contributed by atoms with van der Waals surface area (Å²) in [5.41, 5.74) is 5.12. The molecule has 1 rings (SSSR count). The second-order valence-electron chi connectivity index (χ2n) is 3.09. The maximum absolute atomic E-state index is 3.25. The molecule has 50 valence electrons. The van der Waals surface area contributed by atoms with Gasteiger partial charge >= 0.3 is 0 Å². The Bertz CT molecular complexity index is 170. The van der Waals surface area contributed by atoms with E-state index in [1.54, 1.807) is 0 Å². The number of hydrogen-bond acceptors (Lipinski definition) is 0. The van der Waals surface area contributed by atoms with Gasteiger partial charge in [0, 0.05) is 0 Å². The van der Waals surface area contributed by atoms with Gasteiger partial charge in [-0.05, 0) is 36.8 Å². The molecule has 0 radical (unpaired) electrons. The van der Waals surface area contributed by atoms with Crippen molar-refractivity contribution in [1.82, 2.24) is 0 Å². The van der Waals surface area contributed by atoms with Crippen LogP contribution >= 0.6 is 0 Å². The Balaban J connectivity index is 2.78. The first-order valence-electron chi connectivity index (χ1n) is 3.61. The van der Waals surface area contributed by atoms with Gasteiger partial charge in [-0.25, -0.2) is 0 Å². The molecule has 1 aliphatic rings. The lowest BCUT2D eigenvalue weighted by Crippen LogP contribution is -2.11. The molecule has 0 amide bonds. The smallest absolute Gasteiger partial charge is 0.000557 e. The van der Waals surface area contributed by atoms with Gasteiger partial charge in [0.1, 0.15) is 0 Å². The van der Waals surface area contributed by atoms with Crippen molar-refractivity contribution in [2.45, 2.75) is 33.6 Å². The maximum Gasteiger partial charge on any atom is -0.000557 e. The van der Waals surface area contributed by atoms with E-state index in [0.29, 0.717) is 5.41 Å². The van der Waals surface area contributed by atoms with Crippen molar-refractivity contribution < 1.29 is 0 Å². The Morgan fingerprint density at radius 2 is 2.44 bits per heavy atom. The normalized spacial score (nSPS) is 33.0. The van der Waals surface area contributed by atoms with Crippen LogP contribution in [0.2, 0.25) is 0 Å². The van der Waals surface area contributed by atoms with E-state index >= 15 is 0 Å². The first-order valence-corrected chi connectivity index (χ1v) is 3.61. The third kappa shape index (κ3) is 0.951. The molecule has 0 heteroatoms. The zero-order valence-corrected chi connectivity index (χ0v) is 6.49.